The van der Waals surface area contributed by atoms with E-state index in [9.17, 15) is 9.59 Å². The molecule has 0 atom stereocenters. The maximum absolute atomic E-state index is 12.8. The standard InChI is InChI=1S/C17H24N2O4/c1-12-11-15(13(2)23-12)17(21)19(14-3-4-14)6-5-16(20)18-7-9-22-10-8-18/h11,14H,3-10H2,1-2H3. The number of furan rings is 1. The largest absolute Gasteiger partial charge is 0.466 e. The first-order valence-electron chi connectivity index (χ1n) is 8.30. The third kappa shape index (κ3) is 3.75. The monoisotopic (exact) mass is 320 g/mol. The molecule has 0 unspecified atom stereocenters. The molecule has 2 aliphatic rings. The Morgan fingerprint density at radius 1 is 1.26 bits per heavy atom. The molecule has 0 aromatic carbocycles. The van der Waals surface area contributed by atoms with Crippen molar-refractivity contribution < 1.29 is 18.7 Å². The first-order chi connectivity index (χ1) is 11.1. The summed E-state index contributed by atoms with van der Waals surface area (Å²) in [6.07, 6.45) is 2.42. The third-order valence-corrected chi connectivity index (χ3v) is 4.45. The van der Waals surface area contributed by atoms with Gasteiger partial charge < -0.3 is 19.0 Å². The predicted octanol–water partition coefficient (Wildman–Crippen LogP) is 1.75. The number of hydrogen-bond acceptors (Lipinski definition) is 4. The van der Waals surface area contributed by atoms with Crippen LogP contribution in [-0.2, 0) is 9.53 Å². The summed E-state index contributed by atoms with van der Waals surface area (Å²) in [6, 6.07) is 2.06. The fourth-order valence-corrected chi connectivity index (χ4v) is 3.02. The third-order valence-electron chi connectivity index (χ3n) is 4.45. The van der Waals surface area contributed by atoms with Crippen molar-refractivity contribution >= 4 is 11.8 Å². The van der Waals surface area contributed by atoms with Crippen LogP contribution < -0.4 is 0 Å². The number of aryl methyl sites for hydroxylation is 2. The number of morpholine rings is 1. The van der Waals surface area contributed by atoms with Crippen molar-refractivity contribution in [2.24, 2.45) is 0 Å². The van der Waals surface area contributed by atoms with Crippen molar-refractivity contribution in [1.82, 2.24) is 9.80 Å². The van der Waals surface area contributed by atoms with Crippen LogP contribution in [0, 0.1) is 13.8 Å². The summed E-state index contributed by atoms with van der Waals surface area (Å²) in [5, 5.41) is 0. The number of rotatable bonds is 5. The van der Waals surface area contributed by atoms with Gasteiger partial charge in [0.2, 0.25) is 5.91 Å². The topological polar surface area (TPSA) is 63.0 Å². The predicted molar refractivity (Wildman–Crippen MR) is 84.3 cm³/mol. The van der Waals surface area contributed by atoms with Crippen molar-refractivity contribution in [3.63, 3.8) is 0 Å². The first-order valence-corrected chi connectivity index (χ1v) is 8.30. The minimum absolute atomic E-state index is 0.0170. The molecule has 2 amide bonds. The second-order valence-corrected chi connectivity index (χ2v) is 6.30. The fourth-order valence-electron chi connectivity index (χ4n) is 3.02. The molecule has 1 saturated carbocycles. The van der Waals surface area contributed by atoms with Gasteiger partial charge in [-0.25, -0.2) is 0 Å². The van der Waals surface area contributed by atoms with Crippen LogP contribution in [0.1, 0.15) is 41.1 Å². The summed E-state index contributed by atoms with van der Waals surface area (Å²) in [4.78, 5) is 28.7. The van der Waals surface area contributed by atoms with Crippen LogP contribution in [0.4, 0.5) is 0 Å². The summed E-state index contributed by atoms with van der Waals surface area (Å²) in [5.41, 5.74) is 0.619. The van der Waals surface area contributed by atoms with Crippen molar-refractivity contribution in [3.05, 3.63) is 23.2 Å². The van der Waals surface area contributed by atoms with E-state index in [4.69, 9.17) is 9.15 Å². The van der Waals surface area contributed by atoms with Crippen molar-refractivity contribution in [1.29, 1.82) is 0 Å². The number of hydrogen-bond donors (Lipinski definition) is 0. The van der Waals surface area contributed by atoms with E-state index in [1.807, 2.05) is 23.6 Å². The van der Waals surface area contributed by atoms with Crippen LogP contribution in [0.3, 0.4) is 0 Å². The average Bonchev–Trinajstić information content (AvgIpc) is 3.32. The number of carbonyl (C=O) groups excluding carboxylic acids is 2. The Bertz CT molecular complexity index is 585. The zero-order valence-electron chi connectivity index (χ0n) is 13.8. The molecule has 0 radical (unpaired) electrons. The number of ether oxygens (including phenoxy) is 1. The normalized spacial score (nSPS) is 18.1. The van der Waals surface area contributed by atoms with Crippen LogP contribution in [0.15, 0.2) is 10.5 Å². The Morgan fingerprint density at radius 2 is 1.96 bits per heavy atom. The van der Waals surface area contributed by atoms with E-state index in [1.54, 1.807) is 6.07 Å². The maximum atomic E-state index is 12.8. The van der Waals surface area contributed by atoms with E-state index in [2.05, 4.69) is 0 Å². The SMILES string of the molecule is Cc1cc(C(=O)N(CCC(=O)N2CCOCC2)C2CC2)c(C)o1. The summed E-state index contributed by atoms with van der Waals surface area (Å²) < 4.78 is 10.7. The smallest absolute Gasteiger partial charge is 0.257 e. The molecule has 1 aliphatic heterocycles. The molecule has 0 spiro atoms. The molecular weight excluding hydrogens is 296 g/mol. The lowest BCUT2D eigenvalue weighted by Crippen LogP contribution is -2.43. The highest BCUT2D eigenvalue weighted by Gasteiger charge is 2.34. The Labute approximate surface area is 136 Å². The molecule has 3 rings (SSSR count). The van der Waals surface area contributed by atoms with Gasteiger partial charge in [0, 0.05) is 32.1 Å². The molecule has 1 aromatic heterocycles. The van der Waals surface area contributed by atoms with Gasteiger partial charge >= 0.3 is 0 Å². The summed E-state index contributed by atoms with van der Waals surface area (Å²) in [7, 11) is 0. The quantitative estimate of drug-likeness (QED) is 0.829. The van der Waals surface area contributed by atoms with Crippen LogP contribution in [-0.4, -0.2) is 60.5 Å². The molecule has 23 heavy (non-hydrogen) atoms. The van der Waals surface area contributed by atoms with Gasteiger partial charge in [-0.15, -0.1) is 0 Å². The Hall–Kier alpha value is -1.82. The van der Waals surface area contributed by atoms with E-state index in [-0.39, 0.29) is 17.9 Å². The van der Waals surface area contributed by atoms with Crippen LogP contribution in [0.2, 0.25) is 0 Å². The van der Waals surface area contributed by atoms with Gasteiger partial charge in [0.25, 0.3) is 5.91 Å². The Morgan fingerprint density at radius 3 is 2.52 bits per heavy atom. The lowest BCUT2D eigenvalue weighted by Gasteiger charge is -2.28. The maximum Gasteiger partial charge on any atom is 0.257 e. The number of carbonyl (C=O) groups is 2. The number of amides is 2. The molecule has 126 valence electrons. The van der Waals surface area contributed by atoms with E-state index < -0.39 is 0 Å². The molecule has 1 saturated heterocycles. The van der Waals surface area contributed by atoms with Gasteiger partial charge in [-0.05, 0) is 32.8 Å². The molecule has 2 heterocycles. The van der Waals surface area contributed by atoms with Gasteiger partial charge in [-0.3, -0.25) is 9.59 Å². The molecular formula is C17H24N2O4. The minimum Gasteiger partial charge on any atom is -0.466 e. The van der Waals surface area contributed by atoms with Gasteiger partial charge in [0.1, 0.15) is 11.5 Å². The molecule has 2 fully saturated rings. The summed E-state index contributed by atoms with van der Waals surface area (Å²) in [6.45, 7) is 6.63. The van der Waals surface area contributed by atoms with E-state index in [0.29, 0.717) is 50.6 Å². The van der Waals surface area contributed by atoms with E-state index in [0.717, 1.165) is 18.6 Å². The second-order valence-electron chi connectivity index (χ2n) is 6.30. The summed E-state index contributed by atoms with van der Waals surface area (Å²) >= 11 is 0. The zero-order chi connectivity index (χ0) is 16.4. The molecule has 1 aromatic rings. The van der Waals surface area contributed by atoms with Gasteiger partial charge in [-0.2, -0.15) is 0 Å². The second kappa shape index (κ2) is 6.74. The summed E-state index contributed by atoms with van der Waals surface area (Å²) in [5.74, 6) is 1.48. The molecule has 0 bridgehead atoms. The van der Waals surface area contributed by atoms with E-state index in [1.165, 1.54) is 0 Å². The van der Waals surface area contributed by atoms with Crippen LogP contribution in [0.5, 0.6) is 0 Å². The van der Waals surface area contributed by atoms with Crippen LogP contribution >= 0.6 is 0 Å². The van der Waals surface area contributed by atoms with Gasteiger partial charge in [0.05, 0.1) is 18.8 Å². The first kappa shape index (κ1) is 16.1. The lowest BCUT2D eigenvalue weighted by molar-refractivity contribution is -0.135. The van der Waals surface area contributed by atoms with Crippen molar-refractivity contribution in [2.45, 2.75) is 39.2 Å². The molecule has 6 nitrogen and oxygen atoms in total. The fraction of sp³-hybridized carbons (Fsp3) is 0.647. The highest BCUT2D eigenvalue weighted by molar-refractivity contribution is 5.96. The Balaban J connectivity index is 1.62. The molecule has 6 heteroatoms. The average molecular weight is 320 g/mol. The molecule has 1 aliphatic carbocycles. The number of nitrogens with zero attached hydrogens (tertiary/aromatic N) is 2. The van der Waals surface area contributed by atoms with Crippen molar-refractivity contribution in [3.8, 4) is 0 Å². The van der Waals surface area contributed by atoms with E-state index >= 15 is 0 Å². The highest BCUT2D eigenvalue weighted by Crippen LogP contribution is 2.29. The van der Waals surface area contributed by atoms with Gasteiger partial charge in [0.15, 0.2) is 0 Å². The van der Waals surface area contributed by atoms with Gasteiger partial charge in [-0.1, -0.05) is 0 Å². The Kier molecular flexibility index (Phi) is 4.71. The molecule has 0 N–H and O–H groups in total. The van der Waals surface area contributed by atoms with Crippen LogP contribution in [0.25, 0.3) is 0 Å². The minimum atomic E-state index is -0.0170. The zero-order valence-corrected chi connectivity index (χ0v) is 13.8. The highest BCUT2D eigenvalue weighted by atomic mass is 16.5. The lowest BCUT2D eigenvalue weighted by atomic mass is 10.2. The van der Waals surface area contributed by atoms with Crippen molar-refractivity contribution in [2.75, 3.05) is 32.8 Å².